The molecule has 4 heterocycles. The molecule has 2 fully saturated rings. The third-order valence-corrected chi connectivity index (χ3v) is 5.12. The average Bonchev–Trinajstić information content (AvgIpc) is 2.77. The van der Waals surface area contributed by atoms with Gasteiger partial charge >= 0.3 is 6.09 Å². The first-order valence-electron chi connectivity index (χ1n) is 9.91. The summed E-state index contributed by atoms with van der Waals surface area (Å²) in [6.45, 7) is 3.75. The number of anilines is 4. The van der Waals surface area contributed by atoms with E-state index in [-0.39, 0.29) is 24.4 Å². The van der Waals surface area contributed by atoms with Gasteiger partial charge in [-0.3, -0.25) is 0 Å². The molecule has 30 heavy (non-hydrogen) atoms. The number of morpholine rings is 1. The van der Waals surface area contributed by atoms with E-state index in [0.29, 0.717) is 31.9 Å². The van der Waals surface area contributed by atoms with Gasteiger partial charge in [0.05, 0.1) is 31.3 Å². The Labute approximate surface area is 173 Å². The number of nitrogens with one attached hydrogen (secondary N) is 2. The fraction of sp³-hybridized carbons (Fsp3) is 0.474. The number of amides is 1. The zero-order valence-corrected chi connectivity index (χ0v) is 16.4. The van der Waals surface area contributed by atoms with Crippen molar-refractivity contribution in [3.63, 3.8) is 0 Å². The van der Waals surface area contributed by atoms with Crippen LogP contribution in [-0.4, -0.2) is 76.5 Å². The third-order valence-electron chi connectivity index (χ3n) is 5.12. The molecular weight excluding hydrogens is 393 g/mol. The first kappa shape index (κ1) is 20.1. The zero-order valence-electron chi connectivity index (χ0n) is 16.4. The molecule has 1 amide bonds. The van der Waals surface area contributed by atoms with Crippen molar-refractivity contribution in [2.45, 2.75) is 18.9 Å². The van der Waals surface area contributed by atoms with Crippen molar-refractivity contribution in [3.05, 3.63) is 30.3 Å². The SMILES string of the molecule is O=C(O)N1CCCC(Nc2nc(Nc3ccc(N4CCOCC4)nc3)ncc2F)C1. The maximum absolute atomic E-state index is 14.2. The highest BCUT2D eigenvalue weighted by molar-refractivity contribution is 5.65. The standard InChI is InChI=1S/C19H24FN7O3/c20-15-11-22-18(25-17(15)23-14-2-1-5-27(12-14)19(28)29)24-13-3-4-16(21-10-13)26-6-8-30-9-7-26/h3-4,10-11,14H,1-2,5-9,12H2,(H,28,29)(H2,22,23,24,25). The molecule has 0 aliphatic carbocycles. The van der Waals surface area contributed by atoms with Crippen LogP contribution in [0.15, 0.2) is 24.5 Å². The van der Waals surface area contributed by atoms with E-state index in [2.05, 4.69) is 30.5 Å². The lowest BCUT2D eigenvalue weighted by Gasteiger charge is -2.31. The summed E-state index contributed by atoms with van der Waals surface area (Å²) in [6, 6.07) is 3.56. The summed E-state index contributed by atoms with van der Waals surface area (Å²) in [5.41, 5.74) is 0.680. The number of piperidine rings is 1. The van der Waals surface area contributed by atoms with Crippen LogP contribution in [0.2, 0.25) is 0 Å². The van der Waals surface area contributed by atoms with Gasteiger partial charge in [-0.2, -0.15) is 4.98 Å². The van der Waals surface area contributed by atoms with E-state index in [0.717, 1.165) is 31.5 Å². The first-order chi connectivity index (χ1) is 14.6. The average molecular weight is 417 g/mol. The molecular formula is C19H24FN7O3. The number of hydrogen-bond donors (Lipinski definition) is 3. The molecule has 4 rings (SSSR count). The largest absolute Gasteiger partial charge is 0.465 e. The lowest BCUT2D eigenvalue weighted by atomic mass is 10.1. The Morgan fingerprint density at radius 2 is 2.03 bits per heavy atom. The van der Waals surface area contributed by atoms with Crippen molar-refractivity contribution in [3.8, 4) is 0 Å². The second kappa shape index (κ2) is 9.08. The van der Waals surface area contributed by atoms with Crippen molar-refractivity contribution in [2.24, 2.45) is 0 Å². The van der Waals surface area contributed by atoms with E-state index in [4.69, 9.17) is 9.84 Å². The predicted octanol–water partition coefficient (Wildman–Crippen LogP) is 2.15. The van der Waals surface area contributed by atoms with Crippen LogP contribution in [0.25, 0.3) is 0 Å². The van der Waals surface area contributed by atoms with Crippen LogP contribution in [0, 0.1) is 5.82 Å². The van der Waals surface area contributed by atoms with Gasteiger partial charge in [-0.05, 0) is 25.0 Å². The fourth-order valence-corrected chi connectivity index (χ4v) is 3.56. The smallest absolute Gasteiger partial charge is 0.407 e. The summed E-state index contributed by atoms with van der Waals surface area (Å²) in [5.74, 6) is 0.550. The van der Waals surface area contributed by atoms with Crippen molar-refractivity contribution in [1.82, 2.24) is 19.9 Å². The Hall–Kier alpha value is -3.21. The van der Waals surface area contributed by atoms with E-state index in [9.17, 15) is 9.18 Å². The van der Waals surface area contributed by atoms with E-state index in [1.807, 2.05) is 12.1 Å². The molecule has 3 N–H and O–H groups in total. The number of nitrogens with zero attached hydrogens (tertiary/aromatic N) is 5. The van der Waals surface area contributed by atoms with Crippen LogP contribution in [0.4, 0.5) is 32.5 Å². The number of pyridine rings is 1. The van der Waals surface area contributed by atoms with Crippen molar-refractivity contribution in [2.75, 3.05) is 54.9 Å². The quantitative estimate of drug-likeness (QED) is 0.673. The van der Waals surface area contributed by atoms with Crippen LogP contribution in [0.3, 0.4) is 0 Å². The Balaban J connectivity index is 1.41. The maximum atomic E-state index is 14.2. The van der Waals surface area contributed by atoms with Gasteiger partial charge in [-0.15, -0.1) is 0 Å². The second-order valence-corrected chi connectivity index (χ2v) is 7.23. The van der Waals surface area contributed by atoms with Crippen molar-refractivity contribution < 1.29 is 19.0 Å². The van der Waals surface area contributed by atoms with E-state index in [1.165, 1.54) is 4.90 Å². The Morgan fingerprint density at radius 3 is 2.77 bits per heavy atom. The molecule has 0 bridgehead atoms. The summed E-state index contributed by atoms with van der Waals surface area (Å²) < 4.78 is 19.6. The molecule has 0 saturated carbocycles. The number of aromatic nitrogens is 3. The number of rotatable bonds is 5. The second-order valence-electron chi connectivity index (χ2n) is 7.23. The van der Waals surface area contributed by atoms with E-state index in [1.54, 1.807) is 6.20 Å². The number of halogens is 1. The Morgan fingerprint density at radius 1 is 1.20 bits per heavy atom. The highest BCUT2D eigenvalue weighted by atomic mass is 19.1. The van der Waals surface area contributed by atoms with Crippen molar-refractivity contribution in [1.29, 1.82) is 0 Å². The molecule has 0 spiro atoms. The molecule has 2 aliphatic rings. The maximum Gasteiger partial charge on any atom is 0.407 e. The third kappa shape index (κ3) is 4.85. The lowest BCUT2D eigenvalue weighted by molar-refractivity contribution is 0.122. The molecule has 2 aliphatic heterocycles. The molecule has 2 aromatic rings. The minimum absolute atomic E-state index is 0.0441. The van der Waals surface area contributed by atoms with Gasteiger partial charge in [0.2, 0.25) is 5.95 Å². The van der Waals surface area contributed by atoms with Gasteiger partial charge < -0.3 is 30.3 Å². The summed E-state index contributed by atoms with van der Waals surface area (Å²) in [7, 11) is 0. The van der Waals surface area contributed by atoms with Gasteiger partial charge in [0, 0.05) is 32.2 Å². The topological polar surface area (TPSA) is 116 Å². The first-order valence-corrected chi connectivity index (χ1v) is 9.91. The number of ether oxygens (including phenoxy) is 1. The van der Waals surface area contributed by atoms with Gasteiger partial charge in [0.1, 0.15) is 5.82 Å². The minimum Gasteiger partial charge on any atom is -0.465 e. The number of carboxylic acid groups (broad SMARTS) is 1. The van der Waals surface area contributed by atoms with E-state index < -0.39 is 11.9 Å². The Bertz CT molecular complexity index is 877. The number of carbonyl (C=O) groups is 1. The molecule has 11 heteroatoms. The van der Waals surface area contributed by atoms with E-state index >= 15 is 0 Å². The molecule has 1 atom stereocenters. The van der Waals surface area contributed by atoms with Gasteiger partial charge in [-0.1, -0.05) is 0 Å². The summed E-state index contributed by atoms with van der Waals surface area (Å²) in [5, 5.41) is 15.2. The van der Waals surface area contributed by atoms with Gasteiger partial charge in [0.25, 0.3) is 0 Å². The lowest BCUT2D eigenvalue weighted by Crippen LogP contribution is -2.44. The monoisotopic (exact) mass is 417 g/mol. The van der Waals surface area contributed by atoms with Gasteiger partial charge in [0.15, 0.2) is 11.6 Å². The van der Waals surface area contributed by atoms with Crippen LogP contribution >= 0.6 is 0 Å². The molecule has 0 aromatic carbocycles. The Kier molecular flexibility index (Phi) is 6.07. The molecule has 10 nitrogen and oxygen atoms in total. The molecule has 2 aromatic heterocycles. The summed E-state index contributed by atoms with van der Waals surface area (Å²) >= 11 is 0. The summed E-state index contributed by atoms with van der Waals surface area (Å²) in [6.07, 6.45) is 3.24. The minimum atomic E-state index is -0.972. The number of likely N-dealkylation sites (tertiary alicyclic amines) is 1. The number of hydrogen-bond acceptors (Lipinski definition) is 8. The van der Waals surface area contributed by atoms with Crippen LogP contribution in [-0.2, 0) is 4.74 Å². The summed E-state index contributed by atoms with van der Waals surface area (Å²) in [4.78, 5) is 27.3. The van der Waals surface area contributed by atoms with Crippen LogP contribution in [0.1, 0.15) is 12.8 Å². The highest BCUT2D eigenvalue weighted by Crippen LogP contribution is 2.21. The fourth-order valence-electron chi connectivity index (χ4n) is 3.56. The predicted molar refractivity (Wildman–Crippen MR) is 109 cm³/mol. The molecule has 1 unspecified atom stereocenters. The molecule has 2 saturated heterocycles. The highest BCUT2D eigenvalue weighted by Gasteiger charge is 2.24. The van der Waals surface area contributed by atoms with Crippen LogP contribution in [0.5, 0.6) is 0 Å². The normalized spacial score (nSPS) is 19.4. The zero-order chi connectivity index (χ0) is 20.9. The van der Waals surface area contributed by atoms with Crippen LogP contribution < -0.4 is 15.5 Å². The molecule has 160 valence electrons. The van der Waals surface area contributed by atoms with Gasteiger partial charge in [-0.25, -0.2) is 19.2 Å². The van der Waals surface area contributed by atoms with Crippen molar-refractivity contribution >= 4 is 29.4 Å². The molecule has 0 radical (unpaired) electrons.